The summed E-state index contributed by atoms with van der Waals surface area (Å²) in [7, 11) is 1.44. The van der Waals surface area contributed by atoms with Crippen LogP contribution in [0.1, 0.15) is 21.7 Å². The molecule has 0 bridgehead atoms. The number of hydrogen-bond donors (Lipinski definition) is 2. The molecule has 0 radical (unpaired) electrons. The summed E-state index contributed by atoms with van der Waals surface area (Å²) in [5.41, 5.74) is -0.556. The summed E-state index contributed by atoms with van der Waals surface area (Å²) >= 11 is 0. The highest BCUT2D eigenvalue weighted by molar-refractivity contribution is 6.02. The maximum atomic E-state index is 13.6. The van der Waals surface area contributed by atoms with Crippen molar-refractivity contribution in [1.29, 1.82) is 0 Å². The number of likely N-dealkylation sites (N-methyl/N-ethyl adjacent to an activating group) is 1. The molecule has 0 unspecified atom stereocenters. The Kier molecular flexibility index (Phi) is 7.27. The minimum Gasteiger partial charge on any atom is -0.492 e. The molecule has 0 atom stereocenters. The largest absolute Gasteiger partial charge is 0.492 e. The number of ether oxygens (including phenoxy) is 1. The highest BCUT2D eigenvalue weighted by atomic mass is 19.4. The van der Waals surface area contributed by atoms with E-state index in [0.29, 0.717) is 5.75 Å². The van der Waals surface area contributed by atoms with Crippen molar-refractivity contribution in [3.05, 3.63) is 77.7 Å². The van der Waals surface area contributed by atoms with E-state index in [1.165, 1.54) is 36.4 Å². The fourth-order valence-corrected chi connectivity index (χ4v) is 2.81. The van der Waals surface area contributed by atoms with Gasteiger partial charge in [0.15, 0.2) is 5.76 Å². The van der Waals surface area contributed by atoms with Crippen LogP contribution in [0, 0.1) is 6.92 Å². The van der Waals surface area contributed by atoms with Gasteiger partial charge in [0.2, 0.25) is 0 Å². The lowest BCUT2D eigenvalue weighted by Crippen LogP contribution is -2.35. The summed E-state index contributed by atoms with van der Waals surface area (Å²) in [6, 6.07) is 12.5. The van der Waals surface area contributed by atoms with Crippen molar-refractivity contribution >= 4 is 23.3 Å². The van der Waals surface area contributed by atoms with Crippen LogP contribution in [0.3, 0.4) is 0 Å². The van der Waals surface area contributed by atoms with Crippen molar-refractivity contribution < 1.29 is 31.9 Å². The van der Waals surface area contributed by atoms with Crippen LogP contribution in [-0.4, -0.2) is 37.0 Å². The number of nitrogens with one attached hydrogen (secondary N) is 2. The quantitative estimate of drug-likeness (QED) is 0.493. The topological polar surface area (TPSA) is 83.8 Å². The Bertz CT molecular complexity index is 1100. The number of anilines is 2. The second-order valence-electron chi connectivity index (χ2n) is 7.20. The van der Waals surface area contributed by atoms with Gasteiger partial charge in [0.05, 0.1) is 24.1 Å². The first kappa shape index (κ1) is 23.7. The van der Waals surface area contributed by atoms with E-state index in [0.717, 1.165) is 17.7 Å². The molecule has 0 aliphatic rings. The Morgan fingerprint density at radius 3 is 2.42 bits per heavy atom. The predicted octanol–water partition coefficient (Wildman–Crippen LogP) is 5.40. The third kappa shape index (κ3) is 6.52. The van der Waals surface area contributed by atoms with Crippen LogP contribution in [0.15, 0.2) is 65.3 Å². The van der Waals surface area contributed by atoms with E-state index in [9.17, 15) is 22.8 Å². The zero-order chi connectivity index (χ0) is 24.0. The number of amides is 3. The van der Waals surface area contributed by atoms with Crippen LogP contribution in [0.4, 0.5) is 29.3 Å². The Hall–Kier alpha value is -3.95. The number of halogens is 3. The minimum absolute atomic E-state index is 0.0459. The van der Waals surface area contributed by atoms with Crippen molar-refractivity contribution in [3.8, 4) is 5.75 Å². The average molecular weight is 461 g/mol. The lowest BCUT2D eigenvalue weighted by atomic mass is 10.1. The molecule has 3 aromatic rings. The monoisotopic (exact) mass is 461 g/mol. The average Bonchev–Trinajstić information content (AvgIpc) is 3.30. The molecule has 0 spiro atoms. The Balaban J connectivity index is 1.63. The van der Waals surface area contributed by atoms with Crippen molar-refractivity contribution in [2.24, 2.45) is 0 Å². The molecule has 0 aliphatic heterocycles. The molecule has 7 nitrogen and oxygen atoms in total. The minimum atomic E-state index is -4.76. The number of aryl methyl sites for hydroxylation is 1. The third-order valence-corrected chi connectivity index (χ3v) is 4.63. The summed E-state index contributed by atoms with van der Waals surface area (Å²) in [5, 5.41) is 4.60. The molecule has 3 amide bonds. The van der Waals surface area contributed by atoms with Crippen LogP contribution in [0.2, 0.25) is 0 Å². The maximum Gasteiger partial charge on any atom is 0.418 e. The van der Waals surface area contributed by atoms with Gasteiger partial charge in [0.25, 0.3) is 5.91 Å². The first-order chi connectivity index (χ1) is 15.6. The van der Waals surface area contributed by atoms with E-state index in [2.05, 4.69) is 10.6 Å². The van der Waals surface area contributed by atoms with E-state index < -0.39 is 29.4 Å². The molecule has 1 aromatic heterocycles. The van der Waals surface area contributed by atoms with Gasteiger partial charge < -0.3 is 24.7 Å². The third-order valence-electron chi connectivity index (χ3n) is 4.63. The van der Waals surface area contributed by atoms with Gasteiger partial charge in [-0.05, 0) is 49.4 Å². The van der Waals surface area contributed by atoms with Crippen LogP contribution in [-0.2, 0) is 6.18 Å². The summed E-state index contributed by atoms with van der Waals surface area (Å²) in [4.78, 5) is 25.6. The molecule has 0 fully saturated rings. The number of hydrogen-bond acceptors (Lipinski definition) is 4. The molecule has 2 aromatic carbocycles. The number of carbonyl (C=O) groups excluding carboxylic acids is 2. The van der Waals surface area contributed by atoms with Crippen molar-refractivity contribution in [2.75, 3.05) is 30.8 Å². The van der Waals surface area contributed by atoms with E-state index in [-0.39, 0.29) is 24.6 Å². The fraction of sp³-hybridized carbons (Fsp3) is 0.217. The van der Waals surface area contributed by atoms with Gasteiger partial charge >= 0.3 is 12.2 Å². The van der Waals surface area contributed by atoms with Crippen LogP contribution >= 0.6 is 0 Å². The molecule has 10 heteroatoms. The first-order valence-electron chi connectivity index (χ1n) is 9.91. The van der Waals surface area contributed by atoms with Gasteiger partial charge in [0, 0.05) is 12.7 Å². The van der Waals surface area contributed by atoms with Gasteiger partial charge in [-0.25, -0.2) is 4.79 Å². The van der Waals surface area contributed by atoms with Gasteiger partial charge in [0.1, 0.15) is 12.4 Å². The summed E-state index contributed by atoms with van der Waals surface area (Å²) < 4.78 is 51.2. The maximum absolute atomic E-state index is 13.6. The number of rotatable bonds is 7. The molecule has 2 N–H and O–H groups in total. The predicted molar refractivity (Wildman–Crippen MR) is 116 cm³/mol. The number of benzene rings is 2. The van der Waals surface area contributed by atoms with Gasteiger partial charge in [-0.3, -0.25) is 4.79 Å². The number of nitrogens with zero attached hydrogens (tertiary/aromatic N) is 1. The number of alkyl halides is 3. The van der Waals surface area contributed by atoms with E-state index in [4.69, 9.17) is 9.15 Å². The molecule has 33 heavy (non-hydrogen) atoms. The zero-order valence-electron chi connectivity index (χ0n) is 17.9. The Morgan fingerprint density at radius 2 is 1.79 bits per heavy atom. The second kappa shape index (κ2) is 10.1. The van der Waals surface area contributed by atoms with Crippen LogP contribution in [0.5, 0.6) is 5.75 Å². The number of urea groups is 1. The molecular weight excluding hydrogens is 439 g/mol. The highest BCUT2D eigenvalue weighted by Crippen LogP contribution is 2.36. The lowest BCUT2D eigenvalue weighted by molar-refractivity contribution is -0.136. The summed E-state index contributed by atoms with van der Waals surface area (Å²) in [6.45, 7) is 2.26. The van der Waals surface area contributed by atoms with E-state index in [1.54, 1.807) is 12.1 Å². The molecule has 0 saturated carbocycles. The van der Waals surface area contributed by atoms with E-state index >= 15 is 0 Å². The fourth-order valence-electron chi connectivity index (χ4n) is 2.81. The van der Waals surface area contributed by atoms with Crippen molar-refractivity contribution in [3.63, 3.8) is 0 Å². The Labute approximate surface area is 188 Å². The smallest absolute Gasteiger partial charge is 0.418 e. The van der Waals surface area contributed by atoms with E-state index in [1.807, 2.05) is 19.1 Å². The second-order valence-corrected chi connectivity index (χ2v) is 7.20. The van der Waals surface area contributed by atoms with Gasteiger partial charge in [-0.2, -0.15) is 13.2 Å². The first-order valence-corrected chi connectivity index (χ1v) is 9.91. The standard InChI is InChI=1S/C23H22F3N3O4/c1-15-5-8-17(9-6-15)32-13-11-29(2)22(31)28-19-10-7-16(14-18(19)23(24,25)26)27-21(30)20-4-3-12-33-20/h3-10,12,14H,11,13H2,1-2H3,(H,27,30)(H,28,31). The number of carbonyl (C=O) groups is 2. The lowest BCUT2D eigenvalue weighted by Gasteiger charge is -2.21. The Morgan fingerprint density at radius 1 is 1.06 bits per heavy atom. The molecule has 0 saturated heterocycles. The van der Waals surface area contributed by atoms with Gasteiger partial charge in [-0.15, -0.1) is 0 Å². The van der Waals surface area contributed by atoms with Gasteiger partial charge in [-0.1, -0.05) is 17.7 Å². The van der Waals surface area contributed by atoms with Crippen molar-refractivity contribution in [2.45, 2.75) is 13.1 Å². The molecule has 1 heterocycles. The SMILES string of the molecule is Cc1ccc(OCCN(C)C(=O)Nc2ccc(NC(=O)c3ccco3)cc2C(F)(F)F)cc1. The molecule has 0 aliphatic carbocycles. The van der Waals surface area contributed by atoms with Crippen molar-refractivity contribution in [1.82, 2.24) is 4.90 Å². The number of furan rings is 1. The van der Waals surface area contributed by atoms with Crippen LogP contribution in [0.25, 0.3) is 0 Å². The normalized spacial score (nSPS) is 11.1. The van der Waals surface area contributed by atoms with Crippen LogP contribution < -0.4 is 15.4 Å². The highest BCUT2D eigenvalue weighted by Gasteiger charge is 2.34. The summed E-state index contributed by atoms with van der Waals surface area (Å²) in [5.74, 6) is -0.116. The molecular formula is C23H22F3N3O4. The molecule has 174 valence electrons. The zero-order valence-corrected chi connectivity index (χ0v) is 17.9. The summed E-state index contributed by atoms with van der Waals surface area (Å²) in [6.07, 6.45) is -3.49. The molecule has 3 rings (SSSR count).